The molecule has 2 N–H and O–H groups in total. The molecule has 2 aromatic heterocycles. The monoisotopic (exact) mass is 374 g/mol. The van der Waals surface area contributed by atoms with Gasteiger partial charge in [0.15, 0.2) is 0 Å². The number of rotatable bonds is 6. The number of hydrogen-bond acceptors (Lipinski definition) is 6. The Kier molecular flexibility index (Phi) is 3.64. The lowest BCUT2D eigenvalue weighted by Gasteiger charge is -2.14. The van der Waals surface area contributed by atoms with Crippen LogP contribution in [-0.4, -0.2) is 28.1 Å². The molecule has 1 aliphatic rings. The molecular formula is C19H20N2O4S. The van der Waals surface area contributed by atoms with E-state index in [1.165, 1.54) is 17.5 Å². The molecule has 2 heterocycles. The first-order chi connectivity index (χ1) is 13.2. The molecule has 136 valence electrons. The summed E-state index contributed by atoms with van der Waals surface area (Å²) in [6, 6.07) is 4.86. The molecule has 26 heavy (non-hydrogen) atoms. The molecule has 0 unspecified atom stereocenters. The number of aliphatic hydroxyl groups is 1. The number of aryl methyl sites for hydroxylation is 2. The Bertz CT molecular complexity index is 1060. The zero-order valence-electron chi connectivity index (χ0n) is 16.5. The lowest BCUT2D eigenvalue weighted by Crippen LogP contribution is -2.39. The Labute approximate surface area is 157 Å². The van der Waals surface area contributed by atoms with Crippen molar-refractivity contribution >= 4 is 28.2 Å². The standard InChI is InChI=1S/C19H20N2O4S/c1-11-17(18(23)21-19(10-22)5-6-19)15-7-13(3-4-16(15)25-11)24-9-14-8-20-12(2)26-14/h3-4,7-8,22H,5-6,9-10H2,1-2H3,(H,21,23)/i9D2. The van der Waals surface area contributed by atoms with E-state index in [9.17, 15) is 9.90 Å². The van der Waals surface area contributed by atoms with Gasteiger partial charge in [-0.25, -0.2) is 4.98 Å². The summed E-state index contributed by atoms with van der Waals surface area (Å²) < 4.78 is 27.7. The van der Waals surface area contributed by atoms with Crippen LogP contribution in [0, 0.1) is 13.8 Å². The van der Waals surface area contributed by atoms with Crippen LogP contribution < -0.4 is 10.1 Å². The van der Waals surface area contributed by atoms with Crippen LogP contribution in [0.2, 0.25) is 0 Å². The van der Waals surface area contributed by atoms with Gasteiger partial charge in [0.2, 0.25) is 0 Å². The molecular weight excluding hydrogens is 352 g/mol. The summed E-state index contributed by atoms with van der Waals surface area (Å²) in [5.74, 6) is 0.419. The largest absolute Gasteiger partial charge is 0.488 e. The van der Waals surface area contributed by atoms with Crippen molar-refractivity contribution in [2.75, 3.05) is 6.61 Å². The van der Waals surface area contributed by atoms with Crippen LogP contribution in [0.3, 0.4) is 0 Å². The Morgan fingerprint density at radius 2 is 2.31 bits per heavy atom. The van der Waals surface area contributed by atoms with Crippen molar-refractivity contribution in [2.45, 2.75) is 38.8 Å². The molecule has 7 heteroatoms. The third-order valence-corrected chi connectivity index (χ3v) is 5.30. The zero-order chi connectivity index (χ0) is 20.1. The van der Waals surface area contributed by atoms with Gasteiger partial charge in [0.25, 0.3) is 5.91 Å². The van der Waals surface area contributed by atoms with Crippen LogP contribution in [0.1, 0.15) is 41.6 Å². The van der Waals surface area contributed by atoms with Gasteiger partial charge in [0, 0.05) is 11.6 Å². The first kappa shape index (κ1) is 14.8. The van der Waals surface area contributed by atoms with Gasteiger partial charge in [-0.1, -0.05) is 0 Å². The number of aliphatic hydroxyl groups excluding tert-OH is 1. The number of carbonyl (C=O) groups excluding carboxylic acids is 1. The maximum absolute atomic E-state index is 12.8. The number of fused-ring (bicyclic) bond motifs is 1. The summed E-state index contributed by atoms with van der Waals surface area (Å²) in [7, 11) is 0. The van der Waals surface area contributed by atoms with Gasteiger partial charge in [-0.05, 0) is 44.9 Å². The summed E-state index contributed by atoms with van der Waals surface area (Å²) in [6.45, 7) is 1.36. The minimum atomic E-state index is -2.05. The minimum Gasteiger partial charge on any atom is -0.488 e. The minimum absolute atomic E-state index is 0.101. The second-order valence-corrected chi connectivity index (χ2v) is 7.77. The van der Waals surface area contributed by atoms with Crippen molar-refractivity contribution in [2.24, 2.45) is 0 Å². The number of carbonyl (C=O) groups is 1. The second-order valence-electron chi connectivity index (χ2n) is 6.53. The Hall–Kier alpha value is -2.38. The molecule has 4 rings (SSSR count). The third-order valence-electron chi connectivity index (χ3n) is 4.49. The number of ether oxygens (including phenoxy) is 1. The van der Waals surface area contributed by atoms with E-state index in [1.54, 1.807) is 32.0 Å². The highest BCUT2D eigenvalue weighted by Crippen LogP contribution is 2.36. The SMILES string of the molecule is [2H]C([2H])(Oc1ccc2oc(C)c(C(=O)NC3(CO)CC3)c2c1)c1cnc(C)s1. The molecule has 1 aromatic carbocycles. The maximum atomic E-state index is 12.8. The molecule has 0 saturated heterocycles. The average molecular weight is 374 g/mol. The molecule has 3 aromatic rings. The Balaban J connectivity index is 1.65. The molecule has 1 amide bonds. The molecule has 0 spiro atoms. The van der Waals surface area contributed by atoms with Crippen molar-refractivity contribution in [3.63, 3.8) is 0 Å². The van der Waals surface area contributed by atoms with E-state index in [4.69, 9.17) is 11.9 Å². The molecule has 1 fully saturated rings. The van der Waals surface area contributed by atoms with Gasteiger partial charge in [-0.15, -0.1) is 11.3 Å². The molecule has 0 radical (unpaired) electrons. The fraction of sp³-hybridized carbons (Fsp3) is 0.368. The van der Waals surface area contributed by atoms with Crippen molar-refractivity contribution in [3.8, 4) is 5.75 Å². The highest BCUT2D eigenvalue weighted by Gasteiger charge is 2.44. The number of thiazole rings is 1. The predicted molar refractivity (Wildman–Crippen MR) is 98.7 cm³/mol. The van der Waals surface area contributed by atoms with Crippen molar-refractivity contribution in [1.29, 1.82) is 0 Å². The maximum Gasteiger partial charge on any atom is 0.255 e. The lowest BCUT2D eigenvalue weighted by atomic mass is 10.1. The average Bonchev–Trinajstić information content (AvgIpc) is 3.11. The number of amides is 1. The summed E-state index contributed by atoms with van der Waals surface area (Å²) >= 11 is 1.23. The van der Waals surface area contributed by atoms with E-state index in [-0.39, 0.29) is 18.3 Å². The van der Waals surface area contributed by atoms with Gasteiger partial charge in [-0.3, -0.25) is 4.79 Å². The van der Waals surface area contributed by atoms with Gasteiger partial charge < -0.3 is 19.6 Å². The zero-order valence-corrected chi connectivity index (χ0v) is 15.3. The second kappa shape index (κ2) is 6.41. The number of nitrogens with one attached hydrogen (secondary N) is 1. The lowest BCUT2D eigenvalue weighted by molar-refractivity contribution is 0.0906. The van der Waals surface area contributed by atoms with Gasteiger partial charge in [-0.2, -0.15) is 0 Å². The molecule has 1 aliphatic carbocycles. The van der Waals surface area contributed by atoms with E-state index in [0.29, 0.717) is 27.2 Å². The summed E-state index contributed by atoms with van der Waals surface area (Å²) in [4.78, 5) is 17.2. The Morgan fingerprint density at radius 3 is 2.96 bits per heavy atom. The smallest absolute Gasteiger partial charge is 0.255 e. The van der Waals surface area contributed by atoms with Crippen molar-refractivity contribution in [3.05, 3.63) is 45.6 Å². The highest BCUT2D eigenvalue weighted by molar-refractivity contribution is 7.11. The molecule has 1 saturated carbocycles. The number of hydrogen-bond donors (Lipinski definition) is 2. The van der Waals surface area contributed by atoms with E-state index in [0.717, 1.165) is 17.8 Å². The topological polar surface area (TPSA) is 84.6 Å². The van der Waals surface area contributed by atoms with Crippen molar-refractivity contribution in [1.82, 2.24) is 10.3 Å². The van der Waals surface area contributed by atoms with Crippen molar-refractivity contribution < 1.29 is 21.8 Å². The number of aromatic nitrogens is 1. The van der Waals surface area contributed by atoms with Crippen LogP contribution in [0.4, 0.5) is 0 Å². The normalized spacial score (nSPS) is 16.9. The summed E-state index contributed by atoms with van der Waals surface area (Å²) in [6.07, 6.45) is 2.95. The van der Waals surface area contributed by atoms with Crippen LogP contribution in [-0.2, 0) is 6.56 Å². The van der Waals surface area contributed by atoms with Crippen LogP contribution in [0.5, 0.6) is 5.75 Å². The van der Waals surface area contributed by atoms with Crippen LogP contribution >= 0.6 is 11.3 Å². The predicted octanol–water partition coefficient (Wildman–Crippen LogP) is 3.34. The Morgan fingerprint density at radius 1 is 1.50 bits per heavy atom. The highest BCUT2D eigenvalue weighted by atomic mass is 32.1. The fourth-order valence-electron chi connectivity index (χ4n) is 2.84. The number of furan rings is 1. The van der Waals surface area contributed by atoms with E-state index >= 15 is 0 Å². The van der Waals surface area contributed by atoms with Gasteiger partial charge >= 0.3 is 0 Å². The third kappa shape index (κ3) is 3.20. The first-order valence-electron chi connectivity index (χ1n) is 9.31. The number of benzene rings is 1. The number of nitrogens with zero attached hydrogens (tertiary/aromatic N) is 1. The van der Waals surface area contributed by atoms with Gasteiger partial charge in [0.1, 0.15) is 23.7 Å². The first-order valence-corrected chi connectivity index (χ1v) is 9.13. The molecule has 0 aliphatic heterocycles. The molecule has 0 atom stereocenters. The van der Waals surface area contributed by atoms with E-state index in [2.05, 4.69) is 10.3 Å². The summed E-state index contributed by atoms with van der Waals surface area (Å²) in [5, 5.41) is 13.6. The van der Waals surface area contributed by atoms with Crippen LogP contribution in [0.25, 0.3) is 11.0 Å². The van der Waals surface area contributed by atoms with Gasteiger partial charge in [0.05, 0.1) is 30.3 Å². The summed E-state index contributed by atoms with van der Waals surface area (Å²) in [5.41, 5.74) is 0.343. The van der Waals surface area contributed by atoms with E-state index in [1.807, 2.05) is 0 Å². The fourth-order valence-corrected chi connectivity index (χ4v) is 3.45. The van der Waals surface area contributed by atoms with E-state index < -0.39 is 12.1 Å². The quantitative estimate of drug-likeness (QED) is 0.691. The van der Waals surface area contributed by atoms with Crippen LogP contribution in [0.15, 0.2) is 28.8 Å². The molecule has 6 nitrogen and oxygen atoms in total. The molecule has 0 bridgehead atoms.